The van der Waals surface area contributed by atoms with Gasteiger partial charge in [-0.3, -0.25) is 9.36 Å². The van der Waals surface area contributed by atoms with E-state index in [4.69, 9.17) is 37.7 Å². The van der Waals surface area contributed by atoms with Gasteiger partial charge in [0, 0.05) is 24.8 Å². The van der Waals surface area contributed by atoms with E-state index >= 15 is 0 Å². The Balaban J connectivity index is 1.32. The van der Waals surface area contributed by atoms with Crippen LogP contribution in [0.1, 0.15) is 67.4 Å². The predicted octanol–water partition coefficient (Wildman–Crippen LogP) is 8.68. The highest BCUT2D eigenvalue weighted by Gasteiger charge is 2.51. The van der Waals surface area contributed by atoms with Gasteiger partial charge in [-0.15, -0.1) is 0 Å². The van der Waals surface area contributed by atoms with Gasteiger partial charge < -0.3 is 38.0 Å². The van der Waals surface area contributed by atoms with E-state index in [9.17, 15) is 10.1 Å². The third kappa shape index (κ3) is 9.79. The van der Waals surface area contributed by atoms with Crippen LogP contribution in [0.25, 0.3) is 11.2 Å². The number of methoxy groups -OCH3 is 3. The van der Waals surface area contributed by atoms with E-state index in [1.54, 1.807) is 56.5 Å². The number of hydrogen-bond acceptors (Lipinski definition) is 13. The summed E-state index contributed by atoms with van der Waals surface area (Å²) in [6.07, 6.45) is -0.0375. The minimum Gasteiger partial charge on any atom is -0.497 e. The first-order chi connectivity index (χ1) is 31.1. The number of nitriles is 1. The molecule has 2 aromatic heterocycles. The number of amides is 1. The number of aromatic nitrogens is 4. The summed E-state index contributed by atoms with van der Waals surface area (Å²) >= 11 is 0. The quantitative estimate of drug-likeness (QED) is 0.0440. The summed E-state index contributed by atoms with van der Waals surface area (Å²) in [5.41, 5.74) is 2.63. The van der Waals surface area contributed by atoms with Gasteiger partial charge in [-0.25, -0.2) is 19.6 Å². The molecule has 64 heavy (non-hydrogen) atoms. The molecule has 5 atom stereocenters. The molecule has 15 nitrogen and oxygen atoms in total. The van der Waals surface area contributed by atoms with E-state index < -0.39 is 38.7 Å². The van der Waals surface area contributed by atoms with E-state index in [2.05, 4.69) is 53.7 Å². The number of nitrogens with one attached hydrogen (secondary N) is 1. The Kier molecular flexibility index (Phi) is 15.3. The Bertz CT molecular complexity index is 2410. The number of anilines is 1. The molecule has 16 heteroatoms. The highest BCUT2D eigenvalue weighted by Crippen LogP contribution is 2.52. The van der Waals surface area contributed by atoms with Gasteiger partial charge in [0.25, 0.3) is 14.4 Å². The fourth-order valence-electron chi connectivity index (χ4n) is 8.04. The molecule has 0 saturated carbocycles. The van der Waals surface area contributed by atoms with Crippen molar-refractivity contribution in [1.82, 2.24) is 24.2 Å². The number of fused-ring (bicyclic) bond motifs is 1. The largest absolute Gasteiger partial charge is 0.497 e. The molecule has 0 radical (unpaired) electrons. The number of ether oxygens (including phenoxy) is 5. The number of carbonyl (C=O) groups is 1. The molecule has 7 rings (SSSR count). The van der Waals surface area contributed by atoms with Crippen molar-refractivity contribution in [2.75, 3.05) is 39.9 Å². The molecule has 1 aliphatic rings. The molecule has 1 N–H and O–H groups in total. The Morgan fingerprint density at radius 3 is 1.98 bits per heavy atom. The van der Waals surface area contributed by atoms with Crippen molar-refractivity contribution in [3.63, 3.8) is 0 Å². The minimum atomic E-state index is -1.78. The molecule has 0 spiro atoms. The van der Waals surface area contributed by atoms with Gasteiger partial charge >= 0.3 is 0 Å². The smallest absolute Gasteiger partial charge is 0.259 e. The molecule has 1 amide bonds. The predicted molar refractivity (Wildman–Crippen MR) is 243 cm³/mol. The molecule has 6 aromatic rings. The van der Waals surface area contributed by atoms with Crippen molar-refractivity contribution in [3.05, 3.63) is 144 Å². The van der Waals surface area contributed by atoms with Crippen molar-refractivity contribution in [2.24, 2.45) is 0 Å². The van der Waals surface area contributed by atoms with Gasteiger partial charge in [-0.05, 0) is 80.8 Å². The molecular weight excluding hydrogens is 834 g/mol. The normalized spacial score (nSPS) is 18.1. The fourth-order valence-corrected chi connectivity index (χ4v) is 9.78. The van der Waals surface area contributed by atoms with Gasteiger partial charge in [-0.1, -0.05) is 72.8 Å². The maximum atomic E-state index is 13.3. The number of rotatable bonds is 20. The van der Waals surface area contributed by atoms with Crippen LogP contribution in [0.2, 0.25) is 0 Å². The lowest BCUT2D eigenvalue weighted by Crippen LogP contribution is -2.42. The maximum Gasteiger partial charge on any atom is 0.259 e. The number of hydrogen-bond donors (Lipinski definition) is 1. The zero-order chi connectivity index (χ0) is 45.2. The van der Waals surface area contributed by atoms with Crippen molar-refractivity contribution in [1.29, 1.82) is 5.26 Å². The topological polar surface area (TPSA) is 164 Å². The number of carbonyl (C=O) groups excluding carboxylic acids is 1. The SMILES string of the molecule is COc1ccc(C(OCC2OC(n3cnc4c(NC(=O)c5ccccc5)ncnc43)C(OP(OCCC#N)N(C(C)C)C(C)C)C2OC)(c2ccccc2)c2ccc(OC)cc2)cc1. The maximum absolute atomic E-state index is 13.3. The molecular formula is C48H54N7O8P. The third-order valence-electron chi connectivity index (χ3n) is 11.0. The lowest BCUT2D eigenvalue weighted by Gasteiger charge is -2.38. The summed E-state index contributed by atoms with van der Waals surface area (Å²) in [5, 5.41) is 12.4. The van der Waals surface area contributed by atoms with Crippen molar-refractivity contribution >= 4 is 31.4 Å². The Hall–Kier alpha value is -5.82. The summed E-state index contributed by atoms with van der Waals surface area (Å²) in [6.45, 7) is 8.49. The van der Waals surface area contributed by atoms with Crippen LogP contribution in [-0.4, -0.2) is 95.0 Å². The second-order valence-corrected chi connectivity index (χ2v) is 17.0. The van der Waals surface area contributed by atoms with Crippen LogP contribution in [0.5, 0.6) is 11.5 Å². The lowest BCUT2D eigenvalue weighted by molar-refractivity contribution is -0.0981. The first kappa shape index (κ1) is 46.2. The average Bonchev–Trinajstić information content (AvgIpc) is 3.91. The van der Waals surface area contributed by atoms with Gasteiger partial charge in [0.15, 0.2) is 23.2 Å². The van der Waals surface area contributed by atoms with Gasteiger partial charge in [0.2, 0.25) is 0 Å². The summed E-state index contributed by atoms with van der Waals surface area (Å²) in [7, 11) is 3.10. The van der Waals surface area contributed by atoms with Crippen molar-refractivity contribution in [3.8, 4) is 17.6 Å². The summed E-state index contributed by atoms with van der Waals surface area (Å²) in [6, 6.07) is 36.7. The number of imidazole rings is 1. The van der Waals surface area contributed by atoms with E-state index in [1.807, 2.05) is 84.9 Å². The van der Waals surface area contributed by atoms with Crippen LogP contribution in [0.4, 0.5) is 5.82 Å². The zero-order valence-electron chi connectivity index (χ0n) is 37.0. The van der Waals surface area contributed by atoms with E-state index in [0.29, 0.717) is 28.2 Å². The lowest BCUT2D eigenvalue weighted by atomic mass is 9.80. The van der Waals surface area contributed by atoms with Crippen LogP contribution in [0.3, 0.4) is 0 Å². The van der Waals surface area contributed by atoms with Gasteiger partial charge in [0.1, 0.15) is 41.7 Å². The van der Waals surface area contributed by atoms with Crippen LogP contribution in [0.15, 0.2) is 122 Å². The zero-order valence-corrected chi connectivity index (χ0v) is 37.9. The van der Waals surface area contributed by atoms with E-state index in [0.717, 1.165) is 16.7 Å². The first-order valence-electron chi connectivity index (χ1n) is 21.1. The second-order valence-electron chi connectivity index (χ2n) is 15.6. The highest BCUT2D eigenvalue weighted by molar-refractivity contribution is 7.44. The highest BCUT2D eigenvalue weighted by atomic mass is 31.2. The molecule has 0 aliphatic carbocycles. The van der Waals surface area contributed by atoms with Gasteiger partial charge in [-0.2, -0.15) is 5.26 Å². The molecule has 4 aromatic carbocycles. The molecule has 1 saturated heterocycles. The fraction of sp³-hybridized carbons (Fsp3) is 0.354. The monoisotopic (exact) mass is 887 g/mol. The Morgan fingerprint density at radius 2 is 1.42 bits per heavy atom. The Labute approximate surface area is 375 Å². The van der Waals surface area contributed by atoms with Crippen molar-refractivity contribution < 1.29 is 37.5 Å². The van der Waals surface area contributed by atoms with Crippen LogP contribution < -0.4 is 14.8 Å². The summed E-state index contributed by atoms with van der Waals surface area (Å²) in [4.78, 5) is 27.0. The summed E-state index contributed by atoms with van der Waals surface area (Å²) < 4.78 is 49.4. The molecule has 5 unspecified atom stereocenters. The number of benzene rings is 4. The summed E-state index contributed by atoms with van der Waals surface area (Å²) in [5.74, 6) is 1.29. The molecule has 1 aliphatic heterocycles. The second kappa shape index (κ2) is 21.2. The first-order valence-corrected chi connectivity index (χ1v) is 22.2. The average molecular weight is 888 g/mol. The molecule has 3 heterocycles. The molecule has 1 fully saturated rings. The van der Waals surface area contributed by atoms with Gasteiger partial charge in [0.05, 0.1) is 46.3 Å². The minimum absolute atomic E-state index is 0.0205. The van der Waals surface area contributed by atoms with Crippen molar-refractivity contribution in [2.45, 2.75) is 76.3 Å². The van der Waals surface area contributed by atoms with Crippen LogP contribution in [0, 0.1) is 11.3 Å². The Morgan fingerprint density at radius 1 is 0.828 bits per heavy atom. The number of nitrogens with zero attached hydrogens (tertiary/aromatic N) is 6. The third-order valence-corrected chi connectivity index (χ3v) is 13.1. The van der Waals surface area contributed by atoms with Crippen LogP contribution in [-0.2, 0) is 28.9 Å². The van der Waals surface area contributed by atoms with E-state index in [-0.39, 0.29) is 43.4 Å². The standard InChI is InChI=1S/C48H54N7O8P/c1-32(2)55(33(3)4)64(61-28-14-27-49)63-43-42(59-7)40(62-47(43)54-31-52-41-44(50-30-51-45(41)54)53-46(56)34-15-10-8-11-16-34)29-60-48(35-17-12-9-13-18-35,36-19-23-38(57-5)24-20-36)37-21-25-39(58-6)26-22-37/h8-13,15-26,30-33,40,42-43,47H,14,28-29H2,1-7H3,(H,50,51,53,56). The molecule has 0 bridgehead atoms. The van der Waals surface area contributed by atoms with Crippen LogP contribution >= 0.6 is 8.53 Å². The molecule has 334 valence electrons. The van der Waals surface area contributed by atoms with E-state index in [1.165, 1.54) is 6.33 Å².